The highest BCUT2D eigenvalue weighted by Gasteiger charge is 2.36. The minimum atomic E-state index is -0.374. The first-order valence-corrected chi connectivity index (χ1v) is 11.2. The maximum Gasteiger partial charge on any atom is 0.119 e. The number of aryl methyl sites for hydroxylation is 1. The molecule has 3 nitrogen and oxygen atoms in total. The van der Waals surface area contributed by atoms with Crippen LogP contribution in [0.25, 0.3) is 0 Å². The van der Waals surface area contributed by atoms with E-state index in [4.69, 9.17) is 10.5 Å². The van der Waals surface area contributed by atoms with Gasteiger partial charge in [-0.1, -0.05) is 30.3 Å². The van der Waals surface area contributed by atoms with E-state index in [-0.39, 0.29) is 18.2 Å². The average Bonchev–Trinajstić information content (AvgIpc) is 3.12. The molecule has 0 saturated heterocycles. The third kappa shape index (κ3) is 4.84. The summed E-state index contributed by atoms with van der Waals surface area (Å²) < 4.78 is 5.76. The third-order valence-electron chi connectivity index (χ3n) is 6.81. The minimum absolute atomic E-state index is 0.0979. The third-order valence-corrected chi connectivity index (χ3v) is 6.81. The molecule has 1 fully saturated rings. The number of aliphatic hydroxyl groups is 1. The maximum atomic E-state index is 9.55. The van der Waals surface area contributed by atoms with Gasteiger partial charge in [0, 0.05) is 5.54 Å². The summed E-state index contributed by atoms with van der Waals surface area (Å²) >= 11 is 0. The van der Waals surface area contributed by atoms with Gasteiger partial charge in [0.1, 0.15) is 5.75 Å². The quantitative estimate of drug-likeness (QED) is 0.743. The molecule has 0 radical (unpaired) electrons. The van der Waals surface area contributed by atoms with Gasteiger partial charge in [-0.15, -0.1) is 0 Å². The summed E-state index contributed by atoms with van der Waals surface area (Å²) in [6, 6.07) is 15.7. The molecule has 3 atom stereocenters. The molecule has 0 bridgehead atoms. The van der Waals surface area contributed by atoms with Crippen molar-refractivity contribution < 1.29 is 9.84 Å². The maximum absolute atomic E-state index is 9.55. The molecule has 0 aromatic heterocycles. The van der Waals surface area contributed by atoms with Crippen LogP contribution < -0.4 is 10.5 Å². The topological polar surface area (TPSA) is 55.5 Å². The normalized spacial score (nSPS) is 26.5. The summed E-state index contributed by atoms with van der Waals surface area (Å²) in [5.74, 6) is 2.17. The predicted octanol–water partition coefficient (Wildman–Crippen LogP) is 4.78. The monoisotopic (exact) mass is 393 g/mol. The first-order valence-electron chi connectivity index (χ1n) is 11.2. The number of aliphatic hydroxyl groups excluding tert-OH is 1. The van der Waals surface area contributed by atoms with Gasteiger partial charge in [0.2, 0.25) is 0 Å². The Bertz CT molecular complexity index is 829. The highest BCUT2D eigenvalue weighted by atomic mass is 16.5. The zero-order valence-electron chi connectivity index (χ0n) is 17.9. The van der Waals surface area contributed by atoms with Crippen LogP contribution >= 0.6 is 0 Å². The fraction of sp³-hybridized carbons (Fsp3) is 0.538. The van der Waals surface area contributed by atoms with E-state index in [0.29, 0.717) is 11.8 Å². The molecule has 0 heterocycles. The van der Waals surface area contributed by atoms with E-state index >= 15 is 0 Å². The Morgan fingerprint density at radius 3 is 2.59 bits per heavy atom. The molecule has 156 valence electrons. The molecule has 4 rings (SSSR count). The van der Waals surface area contributed by atoms with Gasteiger partial charge in [0.15, 0.2) is 0 Å². The van der Waals surface area contributed by atoms with Gasteiger partial charge in [0.05, 0.1) is 12.7 Å². The van der Waals surface area contributed by atoms with Gasteiger partial charge in [0.25, 0.3) is 0 Å². The molecule has 2 aromatic rings. The number of hydrogen-bond donors (Lipinski definition) is 2. The van der Waals surface area contributed by atoms with Crippen molar-refractivity contribution in [3.05, 3.63) is 64.7 Å². The lowest BCUT2D eigenvalue weighted by molar-refractivity contribution is 0.198. The minimum Gasteiger partial charge on any atom is -0.491 e. The lowest BCUT2D eigenvalue weighted by Crippen LogP contribution is -2.40. The Morgan fingerprint density at radius 2 is 1.90 bits per heavy atom. The Morgan fingerprint density at radius 1 is 1.10 bits per heavy atom. The molecule has 2 aliphatic carbocycles. The van der Waals surface area contributed by atoms with E-state index in [9.17, 15) is 5.11 Å². The van der Waals surface area contributed by atoms with E-state index in [1.54, 1.807) is 0 Å². The molecule has 3 heteroatoms. The van der Waals surface area contributed by atoms with Crippen LogP contribution in [0.4, 0.5) is 0 Å². The molecule has 0 amide bonds. The lowest BCUT2D eigenvalue weighted by atomic mass is 9.79. The van der Waals surface area contributed by atoms with Crippen LogP contribution in [0.2, 0.25) is 0 Å². The van der Waals surface area contributed by atoms with Crippen LogP contribution in [-0.4, -0.2) is 23.4 Å². The molecule has 0 spiro atoms. The van der Waals surface area contributed by atoms with Crippen LogP contribution in [0.3, 0.4) is 0 Å². The second kappa shape index (κ2) is 8.49. The summed E-state index contributed by atoms with van der Waals surface area (Å²) in [5.41, 5.74) is 11.8. The van der Waals surface area contributed by atoms with Crippen LogP contribution in [0.15, 0.2) is 42.5 Å². The Kier molecular flexibility index (Phi) is 5.98. The van der Waals surface area contributed by atoms with E-state index in [1.165, 1.54) is 41.5 Å². The van der Waals surface area contributed by atoms with E-state index in [2.05, 4.69) is 56.3 Å². The molecule has 0 aliphatic heterocycles. The standard InChI is InChI=1S/C26H35NO2/c1-18(2)29-25-9-4-19(5-10-25)13-20-3-6-22-15-23(8-7-21(22)14-20)24-11-12-26(27,16-24)17-28/h4-5,7-10,15,18,20,24,28H,3,6,11-14,16-17,27H2,1-2H3/t20-,24-,26+/m0/s1. The predicted molar refractivity (Wildman–Crippen MR) is 118 cm³/mol. The van der Waals surface area contributed by atoms with E-state index < -0.39 is 0 Å². The molecule has 2 aliphatic rings. The van der Waals surface area contributed by atoms with Gasteiger partial charge in [-0.3, -0.25) is 0 Å². The SMILES string of the molecule is CC(C)Oc1ccc(C[C@@H]2CCc3cc([C@H]4CC[C@](N)(CO)C4)ccc3C2)cc1. The highest BCUT2D eigenvalue weighted by Crippen LogP contribution is 2.40. The molecule has 1 saturated carbocycles. The van der Waals surface area contributed by atoms with E-state index in [1.807, 2.05) is 0 Å². The smallest absolute Gasteiger partial charge is 0.119 e. The van der Waals surface area contributed by atoms with E-state index in [0.717, 1.165) is 31.4 Å². The first kappa shape index (κ1) is 20.4. The number of ether oxygens (including phenoxy) is 1. The summed E-state index contributed by atoms with van der Waals surface area (Å²) in [7, 11) is 0. The Labute approximate surface area is 175 Å². The zero-order valence-corrected chi connectivity index (χ0v) is 17.9. The molecule has 2 aromatic carbocycles. The van der Waals surface area contributed by atoms with Gasteiger partial charge in [-0.05, 0) is 105 Å². The van der Waals surface area contributed by atoms with Crippen molar-refractivity contribution in [3.8, 4) is 5.75 Å². The number of benzene rings is 2. The van der Waals surface area contributed by atoms with Gasteiger partial charge in [-0.25, -0.2) is 0 Å². The fourth-order valence-corrected chi connectivity index (χ4v) is 5.17. The molecular weight excluding hydrogens is 358 g/mol. The summed E-state index contributed by atoms with van der Waals surface area (Å²) in [4.78, 5) is 0. The van der Waals surface area contributed by atoms with Crippen molar-refractivity contribution in [2.24, 2.45) is 11.7 Å². The number of rotatable bonds is 6. The number of nitrogens with two attached hydrogens (primary N) is 1. The second-order valence-electron chi connectivity index (χ2n) is 9.61. The van der Waals surface area contributed by atoms with Crippen LogP contribution in [-0.2, 0) is 19.3 Å². The summed E-state index contributed by atoms with van der Waals surface area (Å²) in [5, 5.41) is 9.55. The van der Waals surface area contributed by atoms with Crippen molar-refractivity contribution in [2.75, 3.05) is 6.61 Å². The fourth-order valence-electron chi connectivity index (χ4n) is 5.17. The number of fused-ring (bicyclic) bond motifs is 1. The van der Waals surface area contributed by atoms with Crippen molar-refractivity contribution in [1.82, 2.24) is 0 Å². The summed E-state index contributed by atoms with van der Waals surface area (Å²) in [6.45, 7) is 4.22. The van der Waals surface area contributed by atoms with Gasteiger partial charge < -0.3 is 15.6 Å². The number of hydrogen-bond acceptors (Lipinski definition) is 3. The molecule has 0 unspecified atom stereocenters. The largest absolute Gasteiger partial charge is 0.491 e. The van der Waals surface area contributed by atoms with Crippen LogP contribution in [0, 0.1) is 5.92 Å². The van der Waals surface area contributed by atoms with Gasteiger partial charge in [-0.2, -0.15) is 0 Å². The van der Waals surface area contributed by atoms with Crippen molar-refractivity contribution in [2.45, 2.75) is 76.4 Å². The second-order valence-corrected chi connectivity index (χ2v) is 9.61. The first-order chi connectivity index (χ1) is 13.9. The lowest BCUT2D eigenvalue weighted by Gasteiger charge is -2.26. The van der Waals surface area contributed by atoms with Crippen LogP contribution in [0.5, 0.6) is 5.75 Å². The Balaban J connectivity index is 1.38. The van der Waals surface area contributed by atoms with Crippen molar-refractivity contribution in [3.63, 3.8) is 0 Å². The molecule has 29 heavy (non-hydrogen) atoms. The zero-order chi connectivity index (χ0) is 20.4. The van der Waals surface area contributed by atoms with Crippen molar-refractivity contribution >= 4 is 0 Å². The van der Waals surface area contributed by atoms with Crippen LogP contribution in [0.1, 0.15) is 67.7 Å². The summed E-state index contributed by atoms with van der Waals surface area (Å²) in [6.07, 6.45) is 7.87. The molecule has 3 N–H and O–H groups in total. The van der Waals surface area contributed by atoms with Gasteiger partial charge >= 0.3 is 0 Å². The Hall–Kier alpha value is -1.84. The van der Waals surface area contributed by atoms with Crippen molar-refractivity contribution in [1.29, 1.82) is 0 Å². The molecular formula is C26H35NO2. The highest BCUT2D eigenvalue weighted by molar-refractivity contribution is 5.37. The average molecular weight is 394 g/mol.